The molecule has 0 amide bonds. The lowest BCUT2D eigenvalue weighted by atomic mass is 10.1. The quantitative estimate of drug-likeness (QED) is 0.874. The standard InChI is InChI=1S/C15H24N4O/c1-12-4-5-14(18-13-3-2-6-16-11-13)15(17-12)19-7-9-20-10-8-19/h4-5,13,16,18H,2-3,6-11H2,1H3/t13-/m1/s1. The fourth-order valence-corrected chi connectivity index (χ4v) is 2.87. The molecule has 1 aromatic rings. The molecule has 0 spiro atoms. The van der Waals surface area contributed by atoms with Crippen LogP contribution >= 0.6 is 0 Å². The highest BCUT2D eigenvalue weighted by molar-refractivity contribution is 5.66. The first-order valence-electron chi connectivity index (χ1n) is 7.60. The third-order valence-electron chi connectivity index (χ3n) is 3.98. The Morgan fingerprint density at radius 1 is 1.35 bits per heavy atom. The summed E-state index contributed by atoms with van der Waals surface area (Å²) in [5.74, 6) is 1.08. The van der Waals surface area contributed by atoms with Crippen molar-refractivity contribution in [3.63, 3.8) is 0 Å². The predicted molar refractivity (Wildman–Crippen MR) is 81.5 cm³/mol. The minimum atomic E-state index is 0.507. The first-order valence-corrected chi connectivity index (χ1v) is 7.60. The second kappa shape index (κ2) is 6.41. The molecule has 3 heterocycles. The third-order valence-corrected chi connectivity index (χ3v) is 3.98. The molecule has 0 radical (unpaired) electrons. The molecule has 5 heteroatoms. The monoisotopic (exact) mass is 276 g/mol. The van der Waals surface area contributed by atoms with E-state index in [-0.39, 0.29) is 0 Å². The molecule has 20 heavy (non-hydrogen) atoms. The Bertz CT molecular complexity index is 439. The molecule has 110 valence electrons. The van der Waals surface area contributed by atoms with Crippen molar-refractivity contribution in [3.05, 3.63) is 17.8 Å². The average molecular weight is 276 g/mol. The predicted octanol–water partition coefficient (Wildman–Crippen LogP) is 1.39. The maximum atomic E-state index is 5.44. The number of nitrogens with zero attached hydrogens (tertiary/aromatic N) is 2. The molecule has 0 bridgehead atoms. The fraction of sp³-hybridized carbons (Fsp3) is 0.667. The highest BCUT2D eigenvalue weighted by Gasteiger charge is 2.19. The van der Waals surface area contributed by atoms with E-state index in [0.717, 1.165) is 56.6 Å². The summed E-state index contributed by atoms with van der Waals surface area (Å²) in [5.41, 5.74) is 2.23. The summed E-state index contributed by atoms with van der Waals surface area (Å²) in [6.45, 7) is 7.66. The van der Waals surface area contributed by atoms with E-state index in [1.54, 1.807) is 0 Å². The summed E-state index contributed by atoms with van der Waals surface area (Å²) in [7, 11) is 0. The van der Waals surface area contributed by atoms with Crippen LogP contribution in [0.3, 0.4) is 0 Å². The Balaban J connectivity index is 1.77. The molecule has 5 nitrogen and oxygen atoms in total. The summed E-state index contributed by atoms with van der Waals surface area (Å²) in [6, 6.07) is 4.76. The number of ether oxygens (including phenoxy) is 1. The van der Waals surface area contributed by atoms with Gasteiger partial charge in [0.15, 0.2) is 5.82 Å². The van der Waals surface area contributed by atoms with Crippen molar-refractivity contribution in [2.45, 2.75) is 25.8 Å². The number of piperidine rings is 1. The van der Waals surface area contributed by atoms with Crippen molar-refractivity contribution < 1.29 is 4.74 Å². The number of pyridine rings is 1. The molecule has 0 aliphatic carbocycles. The van der Waals surface area contributed by atoms with Crippen molar-refractivity contribution in [2.24, 2.45) is 0 Å². The summed E-state index contributed by atoms with van der Waals surface area (Å²) >= 11 is 0. The van der Waals surface area contributed by atoms with E-state index in [0.29, 0.717) is 6.04 Å². The molecule has 1 atom stereocenters. The van der Waals surface area contributed by atoms with Crippen LogP contribution in [0.25, 0.3) is 0 Å². The first kappa shape index (κ1) is 13.6. The minimum Gasteiger partial charge on any atom is -0.378 e. The molecule has 0 saturated carbocycles. The van der Waals surface area contributed by atoms with Gasteiger partial charge in [-0.3, -0.25) is 0 Å². The topological polar surface area (TPSA) is 49.4 Å². The van der Waals surface area contributed by atoms with Crippen LogP contribution in [-0.2, 0) is 4.74 Å². The largest absolute Gasteiger partial charge is 0.378 e. The van der Waals surface area contributed by atoms with Crippen LogP contribution < -0.4 is 15.5 Å². The minimum absolute atomic E-state index is 0.507. The van der Waals surface area contributed by atoms with E-state index in [1.807, 2.05) is 0 Å². The van der Waals surface area contributed by atoms with E-state index in [4.69, 9.17) is 9.72 Å². The number of nitrogens with one attached hydrogen (secondary N) is 2. The molecule has 2 saturated heterocycles. The van der Waals surface area contributed by atoms with Gasteiger partial charge in [-0.05, 0) is 38.4 Å². The molecule has 2 aliphatic heterocycles. The van der Waals surface area contributed by atoms with Crippen LogP contribution in [-0.4, -0.2) is 50.4 Å². The van der Waals surface area contributed by atoms with Crippen LogP contribution in [0.4, 0.5) is 11.5 Å². The van der Waals surface area contributed by atoms with Crippen molar-refractivity contribution in [1.82, 2.24) is 10.3 Å². The Labute approximate surface area is 120 Å². The van der Waals surface area contributed by atoms with E-state index in [1.165, 1.54) is 12.8 Å². The van der Waals surface area contributed by atoms with Gasteiger partial charge in [-0.25, -0.2) is 4.98 Å². The molecule has 1 aromatic heterocycles. The zero-order valence-electron chi connectivity index (χ0n) is 12.2. The second-order valence-electron chi connectivity index (χ2n) is 5.61. The van der Waals surface area contributed by atoms with Gasteiger partial charge in [0.1, 0.15) is 0 Å². The Kier molecular flexibility index (Phi) is 4.38. The van der Waals surface area contributed by atoms with Gasteiger partial charge >= 0.3 is 0 Å². The van der Waals surface area contributed by atoms with Crippen LogP contribution in [0.15, 0.2) is 12.1 Å². The second-order valence-corrected chi connectivity index (χ2v) is 5.61. The van der Waals surface area contributed by atoms with Crippen LogP contribution in [0.5, 0.6) is 0 Å². The zero-order chi connectivity index (χ0) is 13.8. The van der Waals surface area contributed by atoms with Gasteiger partial charge in [-0.2, -0.15) is 0 Å². The Morgan fingerprint density at radius 3 is 2.95 bits per heavy atom. The lowest BCUT2D eigenvalue weighted by Gasteiger charge is -2.32. The van der Waals surface area contributed by atoms with Crippen LogP contribution in [0, 0.1) is 6.92 Å². The molecule has 2 aliphatic rings. The molecule has 0 aromatic carbocycles. The molecule has 2 N–H and O–H groups in total. The Morgan fingerprint density at radius 2 is 2.20 bits per heavy atom. The molecule has 0 unspecified atom stereocenters. The van der Waals surface area contributed by atoms with E-state index < -0.39 is 0 Å². The van der Waals surface area contributed by atoms with E-state index in [9.17, 15) is 0 Å². The van der Waals surface area contributed by atoms with Crippen molar-refractivity contribution in [3.8, 4) is 0 Å². The number of aryl methyl sites for hydroxylation is 1. The highest BCUT2D eigenvalue weighted by atomic mass is 16.5. The lowest BCUT2D eigenvalue weighted by Crippen LogP contribution is -2.40. The lowest BCUT2D eigenvalue weighted by molar-refractivity contribution is 0.122. The van der Waals surface area contributed by atoms with Gasteiger partial charge in [0.05, 0.1) is 18.9 Å². The summed E-state index contributed by atoms with van der Waals surface area (Å²) in [5, 5.41) is 7.12. The normalized spacial score (nSPS) is 23.6. The van der Waals surface area contributed by atoms with E-state index in [2.05, 4.69) is 34.6 Å². The molecule has 3 rings (SSSR count). The number of hydrogen-bond donors (Lipinski definition) is 2. The highest BCUT2D eigenvalue weighted by Crippen LogP contribution is 2.26. The van der Waals surface area contributed by atoms with Gasteiger partial charge in [0.25, 0.3) is 0 Å². The number of aromatic nitrogens is 1. The van der Waals surface area contributed by atoms with Gasteiger partial charge in [-0.1, -0.05) is 0 Å². The van der Waals surface area contributed by atoms with E-state index >= 15 is 0 Å². The number of rotatable bonds is 3. The number of hydrogen-bond acceptors (Lipinski definition) is 5. The molecule has 2 fully saturated rings. The van der Waals surface area contributed by atoms with Gasteiger partial charge < -0.3 is 20.3 Å². The van der Waals surface area contributed by atoms with Crippen molar-refractivity contribution in [2.75, 3.05) is 49.6 Å². The maximum Gasteiger partial charge on any atom is 0.152 e. The van der Waals surface area contributed by atoms with Gasteiger partial charge in [-0.15, -0.1) is 0 Å². The number of morpholine rings is 1. The summed E-state index contributed by atoms with van der Waals surface area (Å²) in [4.78, 5) is 7.08. The average Bonchev–Trinajstić information content (AvgIpc) is 2.51. The number of anilines is 2. The fourth-order valence-electron chi connectivity index (χ4n) is 2.87. The summed E-state index contributed by atoms with van der Waals surface area (Å²) in [6.07, 6.45) is 2.47. The first-order chi connectivity index (χ1) is 9.83. The molecular formula is C15H24N4O. The van der Waals surface area contributed by atoms with Gasteiger partial charge in [0, 0.05) is 31.4 Å². The SMILES string of the molecule is Cc1ccc(N[C@@H]2CCCNC2)c(N2CCOCC2)n1. The smallest absolute Gasteiger partial charge is 0.152 e. The van der Waals surface area contributed by atoms with Crippen LogP contribution in [0.2, 0.25) is 0 Å². The van der Waals surface area contributed by atoms with Crippen molar-refractivity contribution in [1.29, 1.82) is 0 Å². The van der Waals surface area contributed by atoms with Gasteiger partial charge in [0.2, 0.25) is 0 Å². The zero-order valence-corrected chi connectivity index (χ0v) is 12.2. The third kappa shape index (κ3) is 3.22. The Hall–Kier alpha value is -1.33. The van der Waals surface area contributed by atoms with Crippen LogP contribution in [0.1, 0.15) is 18.5 Å². The van der Waals surface area contributed by atoms with Crippen molar-refractivity contribution >= 4 is 11.5 Å². The summed E-state index contributed by atoms with van der Waals surface area (Å²) < 4.78 is 5.44. The molecular weight excluding hydrogens is 252 g/mol. The maximum absolute atomic E-state index is 5.44.